The highest BCUT2D eigenvalue weighted by Crippen LogP contribution is 2.16. The monoisotopic (exact) mass is 933 g/mol. The first-order valence-corrected chi connectivity index (χ1v) is 23.0. The van der Waals surface area contributed by atoms with Crippen molar-refractivity contribution in [2.24, 2.45) is 29.2 Å². The van der Waals surface area contributed by atoms with Crippen molar-refractivity contribution in [2.75, 3.05) is 93.3 Å². The first-order chi connectivity index (χ1) is 31.2. The maximum atomic E-state index is 13.3. The number of hydrogen-bond acceptors (Lipinski definition) is 15. The van der Waals surface area contributed by atoms with Gasteiger partial charge in [-0.3, -0.25) is 33.6 Å². The zero-order valence-corrected chi connectivity index (χ0v) is 39.4. The Morgan fingerprint density at radius 3 is 1.45 bits per heavy atom. The first-order valence-electron chi connectivity index (χ1n) is 23.0. The summed E-state index contributed by atoms with van der Waals surface area (Å²) in [5.74, 6) is -3.97. The van der Waals surface area contributed by atoms with E-state index in [4.69, 9.17) is 44.6 Å². The number of carbonyl (C=O) groups excluding carboxylic acids is 8. The third-order valence-electron chi connectivity index (χ3n) is 10.1. The number of primary amides is 2. The number of carbonyl (C=O) groups is 8. The lowest BCUT2D eigenvalue weighted by atomic mass is 9.97. The molecule has 3 atom stereocenters. The molecule has 21 heteroatoms. The van der Waals surface area contributed by atoms with Crippen molar-refractivity contribution in [3.05, 3.63) is 0 Å². The van der Waals surface area contributed by atoms with Crippen LogP contribution in [-0.4, -0.2) is 147 Å². The maximum absolute atomic E-state index is 13.3. The fraction of sp³-hybridized carbons (Fsp3) is 0.818. The van der Waals surface area contributed by atoms with Gasteiger partial charge in [0.1, 0.15) is 19.3 Å². The van der Waals surface area contributed by atoms with Crippen LogP contribution in [0.5, 0.6) is 0 Å². The molecule has 0 aromatic rings. The van der Waals surface area contributed by atoms with E-state index in [-0.39, 0.29) is 120 Å². The Morgan fingerprint density at radius 1 is 0.477 bits per heavy atom. The number of alkyl carbamates (subject to hydrolysis) is 1. The van der Waals surface area contributed by atoms with E-state index >= 15 is 0 Å². The molecule has 0 aliphatic rings. The molecular weight excluding hydrogens is 853 g/mol. The lowest BCUT2D eigenvalue weighted by molar-refractivity contribution is -0.151. The topological polar surface area (TPSA) is 301 Å². The second-order valence-corrected chi connectivity index (χ2v) is 15.8. The van der Waals surface area contributed by atoms with E-state index in [1.165, 1.54) is 0 Å². The van der Waals surface area contributed by atoms with Gasteiger partial charge in [0.2, 0.25) is 29.5 Å². The molecule has 0 saturated heterocycles. The largest absolute Gasteiger partial charge is 0.463 e. The smallest absolute Gasteiger partial charge is 0.407 e. The van der Waals surface area contributed by atoms with Gasteiger partial charge >= 0.3 is 18.0 Å². The fourth-order valence-electron chi connectivity index (χ4n) is 5.99. The minimum atomic E-state index is -0.737. The number of nitrogens with two attached hydrogens (primary N) is 2. The molecule has 0 aliphatic carbocycles. The van der Waals surface area contributed by atoms with Gasteiger partial charge in [-0.25, -0.2) is 4.79 Å². The molecule has 0 saturated carbocycles. The summed E-state index contributed by atoms with van der Waals surface area (Å²) in [7, 11) is 3.10. The lowest BCUT2D eigenvalue weighted by Gasteiger charge is -2.19. The van der Waals surface area contributed by atoms with Gasteiger partial charge in [0, 0.05) is 77.4 Å². The minimum absolute atomic E-state index is 0.0109. The molecule has 376 valence electrons. The number of nitrogens with one attached hydrogen (secondary N) is 4. The summed E-state index contributed by atoms with van der Waals surface area (Å²) in [5.41, 5.74) is 10.6. The fourth-order valence-corrected chi connectivity index (χ4v) is 5.99. The second-order valence-electron chi connectivity index (χ2n) is 15.8. The Kier molecular flexibility index (Phi) is 38.0. The van der Waals surface area contributed by atoms with Gasteiger partial charge in [0.05, 0.1) is 46.1 Å². The highest BCUT2D eigenvalue weighted by molar-refractivity contribution is 5.84. The molecule has 8 N–H and O–H groups in total. The zero-order valence-electron chi connectivity index (χ0n) is 39.4. The normalized spacial score (nSPS) is 12.8. The number of ether oxygens (including phenoxy) is 7. The average Bonchev–Trinajstić information content (AvgIpc) is 3.27. The van der Waals surface area contributed by atoms with Gasteiger partial charge in [-0.1, -0.05) is 33.1 Å². The van der Waals surface area contributed by atoms with E-state index in [1.54, 1.807) is 28.1 Å². The highest BCUT2D eigenvalue weighted by Gasteiger charge is 2.23. The van der Waals surface area contributed by atoms with Crippen LogP contribution in [0.2, 0.25) is 0 Å². The van der Waals surface area contributed by atoms with E-state index in [0.717, 1.165) is 0 Å². The Labute approximate surface area is 384 Å². The summed E-state index contributed by atoms with van der Waals surface area (Å²) >= 11 is 0. The summed E-state index contributed by atoms with van der Waals surface area (Å²) in [4.78, 5) is 98.6. The molecule has 0 bridgehead atoms. The van der Waals surface area contributed by atoms with E-state index < -0.39 is 36.0 Å². The first kappa shape index (κ1) is 60.4. The SMILES string of the molecule is COCCOCCOC(=O)CC(CCCCNC(=O)OCCOCCOC)C(=O)NCCCC(=O)OC(CCC(=O)NCCCCC(C)C(N)=O)CCC(=O)NCCCCC(C)C(N)=O. The van der Waals surface area contributed by atoms with Crippen molar-refractivity contribution < 1.29 is 71.5 Å². The van der Waals surface area contributed by atoms with Crippen molar-refractivity contribution in [1.29, 1.82) is 0 Å². The quantitative estimate of drug-likeness (QED) is 0.0289. The maximum Gasteiger partial charge on any atom is 0.407 e. The summed E-state index contributed by atoms with van der Waals surface area (Å²) in [6.45, 7) is 6.80. The minimum Gasteiger partial charge on any atom is -0.463 e. The number of esters is 2. The number of methoxy groups -OCH3 is 2. The molecule has 0 aliphatic heterocycles. The molecular formula is C44H80N6O15. The Balaban J connectivity index is 5.14. The van der Waals surface area contributed by atoms with Crippen LogP contribution in [-0.2, 0) is 66.7 Å². The van der Waals surface area contributed by atoms with Crippen LogP contribution < -0.4 is 32.7 Å². The van der Waals surface area contributed by atoms with Gasteiger partial charge in [-0.15, -0.1) is 0 Å². The van der Waals surface area contributed by atoms with Crippen LogP contribution in [0, 0.1) is 17.8 Å². The van der Waals surface area contributed by atoms with Gasteiger partial charge in [0.15, 0.2) is 0 Å². The summed E-state index contributed by atoms with van der Waals surface area (Å²) in [5, 5.41) is 11.1. The Morgan fingerprint density at radius 2 is 0.938 bits per heavy atom. The van der Waals surface area contributed by atoms with Gasteiger partial charge in [0.25, 0.3) is 0 Å². The highest BCUT2D eigenvalue weighted by atomic mass is 16.6. The molecule has 0 heterocycles. The number of amides is 6. The van der Waals surface area contributed by atoms with E-state index in [0.29, 0.717) is 97.3 Å². The molecule has 0 fully saturated rings. The standard InChI is InChI=1S/C44H80N6O15/c1-33(41(45)55)12-5-8-20-47-37(51)18-16-36(17-19-38(52)48-21-9-6-13-34(2)42(46)56)65-39(53)15-11-23-49-43(57)35(32-40(54)63-30-28-61-26-24-59-3)14-7-10-22-50-44(58)64-31-29-62-27-25-60-4/h33-36H,5-32H2,1-4H3,(H2,45,55)(H2,46,56)(H,47,51)(H,48,52)(H,49,57)(H,50,58). The van der Waals surface area contributed by atoms with Gasteiger partial charge < -0.3 is 65.9 Å². The van der Waals surface area contributed by atoms with E-state index in [9.17, 15) is 38.4 Å². The van der Waals surface area contributed by atoms with Gasteiger partial charge in [-0.05, 0) is 57.8 Å². The second kappa shape index (κ2) is 40.9. The lowest BCUT2D eigenvalue weighted by Crippen LogP contribution is -2.34. The Bertz CT molecular complexity index is 1310. The third kappa shape index (κ3) is 37.3. The molecule has 0 aromatic heterocycles. The van der Waals surface area contributed by atoms with Crippen molar-refractivity contribution >= 4 is 47.6 Å². The van der Waals surface area contributed by atoms with Crippen molar-refractivity contribution in [3.63, 3.8) is 0 Å². The summed E-state index contributed by atoms with van der Waals surface area (Å²) in [6, 6.07) is 0. The zero-order chi connectivity index (χ0) is 48.5. The van der Waals surface area contributed by atoms with Gasteiger partial charge in [-0.2, -0.15) is 0 Å². The molecule has 3 unspecified atom stereocenters. The number of unbranched alkanes of at least 4 members (excludes halogenated alkanes) is 3. The molecule has 6 amide bonds. The number of hydrogen-bond donors (Lipinski definition) is 6. The van der Waals surface area contributed by atoms with Crippen LogP contribution in [0.15, 0.2) is 0 Å². The van der Waals surface area contributed by atoms with E-state index in [1.807, 2.05) is 0 Å². The molecule has 21 nitrogen and oxygen atoms in total. The van der Waals surface area contributed by atoms with Crippen molar-refractivity contribution in [3.8, 4) is 0 Å². The van der Waals surface area contributed by atoms with E-state index in [2.05, 4.69) is 21.3 Å². The van der Waals surface area contributed by atoms with Crippen LogP contribution >= 0.6 is 0 Å². The average molecular weight is 933 g/mol. The Hall–Kier alpha value is -4.60. The van der Waals surface area contributed by atoms with Crippen LogP contribution in [0.3, 0.4) is 0 Å². The summed E-state index contributed by atoms with van der Waals surface area (Å²) in [6.07, 6.45) is 4.49. The molecule has 0 aromatic carbocycles. The van der Waals surface area contributed by atoms with Crippen LogP contribution in [0.25, 0.3) is 0 Å². The predicted octanol–water partition coefficient (Wildman–Crippen LogP) is 1.94. The summed E-state index contributed by atoms with van der Waals surface area (Å²) < 4.78 is 36.4. The third-order valence-corrected chi connectivity index (χ3v) is 10.1. The van der Waals surface area contributed by atoms with Crippen LogP contribution in [0.4, 0.5) is 4.79 Å². The molecule has 0 radical (unpaired) electrons. The van der Waals surface area contributed by atoms with Crippen molar-refractivity contribution in [2.45, 2.75) is 123 Å². The van der Waals surface area contributed by atoms with Crippen molar-refractivity contribution in [1.82, 2.24) is 21.3 Å². The molecule has 0 rings (SSSR count). The predicted molar refractivity (Wildman–Crippen MR) is 239 cm³/mol. The molecule has 0 spiro atoms. The van der Waals surface area contributed by atoms with Crippen LogP contribution in [0.1, 0.15) is 117 Å². The molecule has 65 heavy (non-hydrogen) atoms. The number of rotatable bonds is 43.